The fourth-order valence-corrected chi connectivity index (χ4v) is 0. The van der Waals surface area contributed by atoms with E-state index in [-0.39, 0.29) is 40.0 Å². The zero-order valence-corrected chi connectivity index (χ0v) is 7.07. The summed E-state index contributed by atoms with van der Waals surface area (Å²) in [4.78, 5) is 0. The predicted molar refractivity (Wildman–Crippen MR) is 20.9 cm³/mol. The molecular weight excluding hydrogens is 156 g/mol. The molecule has 0 saturated heterocycles. The van der Waals surface area contributed by atoms with Crippen molar-refractivity contribution in [2.45, 2.75) is 20.0 Å². The topological polar surface area (TPSA) is 23.1 Å². The molecule has 0 amide bonds. The first-order valence-electron chi connectivity index (χ1n) is 1.39. The summed E-state index contributed by atoms with van der Waals surface area (Å²) in [5, 5.41) is 9.53. The van der Waals surface area contributed by atoms with Crippen LogP contribution in [0.2, 0.25) is 0 Å². The monoisotopic (exact) mass is 162 g/mol. The molecule has 0 aromatic carbocycles. The standard InChI is InChI=1S/C3H7O.BrH.Mg/c1-3(2)4;;/h3H,1-2H3;1H;/q-1;;+2/p-1. The molecule has 0 aliphatic carbocycles. The van der Waals surface area contributed by atoms with Gasteiger partial charge in [0.2, 0.25) is 0 Å². The molecule has 1 nitrogen and oxygen atoms in total. The Hall–Kier alpha value is 1.21. The minimum absolute atomic E-state index is 0. The van der Waals surface area contributed by atoms with Crippen LogP contribution in [0.25, 0.3) is 0 Å². The summed E-state index contributed by atoms with van der Waals surface area (Å²) >= 11 is 0. The predicted octanol–water partition coefficient (Wildman–Crippen LogP) is -3.62. The van der Waals surface area contributed by atoms with Gasteiger partial charge < -0.3 is 22.1 Å². The van der Waals surface area contributed by atoms with Gasteiger partial charge in [-0.15, -0.1) is 6.10 Å². The van der Waals surface area contributed by atoms with E-state index in [0.717, 1.165) is 0 Å². The molecule has 0 radical (unpaired) electrons. The maximum atomic E-state index is 9.53. The van der Waals surface area contributed by atoms with Crippen LogP contribution >= 0.6 is 0 Å². The molecule has 0 saturated carbocycles. The third kappa shape index (κ3) is 63.3. The van der Waals surface area contributed by atoms with Crippen molar-refractivity contribution in [2.75, 3.05) is 0 Å². The summed E-state index contributed by atoms with van der Waals surface area (Å²) < 4.78 is 0. The van der Waals surface area contributed by atoms with Gasteiger partial charge in [-0.1, -0.05) is 13.8 Å². The number of rotatable bonds is 0. The summed E-state index contributed by atoms with van der Waals surface area (Å²) in [7, 11) is 0. The molecule has 0 fully saturated rings. The van der Waals surface area contributed by atoms with Crippen molar-refractivity contribution in [1.82, 2.24) is 0 Å². The third-order valence-corrected chi connectivity index (χ3v) is 0. The zero-order valence-electron chi connectivity index (χ0n) is 4.07. The quantitative estimate of drug-likeness (QED) is 0.338. The van der Waals surface area contributed by atoms with E-state index in [0.29, 0.717) is 0 Å². The van der Waals surface area contributed by atoms with Crippen LogP contribution in [0.15, 0.2) is 0 Å². The summed E-state index contributed by atoms with van der Waals surface area (Å²) in [5.74, 6) is 0. The third-order valence-electron chi connectivity index (χ3n) is 0. The maximum Gasteiger partial charge on any atom is 2.00 e. The summed E-state index contributed by atoms with van der Waals surface area (Å²) in [6.07, 6.45) is -0.417. The van der Waals surface area contributed by atoms with Crippen molar-refractivity contribution in [1.29, 1.82) is 0 Å². The Morgan fingerprint density at radius 3 is 1.33 bits per heavy atom. The SMILES string of the molecule is CC(C)[O-].[Br-].[Mg+2]. The zero-order chi connectivity index (χ0) is 3.58. The van der Waals surface area contributed by atoms with Gasteiger partial charge in [-0.3, -0.25) is 0 Å². The van der Waals surface area contributed by atoms with Crippen LogP contribution in [0, 0.1) is 0 Å². The number of halogens is 1. The second-order valence-corrected chi connectivity index (χ2v) is 1.05. The van der Waals surface area contributed by atoms with Crippen molar-refractivity contribution in [2.24, 2.45) is 0 Å². The normalized spacial score (nSPS) is 6.00. The second kappa shape index (κ2) is 9.51. The average Bonchev–Trinajstić information content (AvgIpc) is 0.811. The van der Waals surface area contributed by atoms with Crippen LogP contribution in [0.1, 0.15) is 13.8 Å². The van der Waals surface area contributed by atoms with E-state index >= 15 is 0 Å². The van der Waals surface area contributed by atoms with Crippen LogP contribution in [0.3, 0.4) is 0 Å². The minimum Gasteiger partial charge on any atom is -1.00 e. The van der Waals surface area contributed by atoms with E-state index in [1.807, 2.05) is 0 Å². The largest absolute Gasteiger partial charge is 2.00 e. The summed E-state index contributed by atoms with van der Waals surface area (Å²) in [6, 6.07) is 0. The fraction of sp³-hybridized carbons (Fsp3) is 1.00. The Labute approximate surface area is 65.0 Å². The van der Waals surface area contributed by atoms with E-state index in [4.69, 9.17) is 0 Å². The van der Waals surface area contributed by atoms with Crippen LogP contribution < -0.4 is 22.1 Å². The Balaban J connectivity index is -0.0000000450. The molecule has 0 aliphatic rings. The van der Waals surface area contributed by atoms with Crippen molar-refractivity contribution >= 4 is 23.1 Å². The smallest absolute Gasteiger partial charge is 1.00 e. The molecule has 0 spiro atoms. The van der Waals surface area contributed by atoms with Gasteiger partial charge in [-0.25, -0.2) is 0 Å². The Morgan fingerprint density at radius 2 is 1.33 bits per heavy atom. The molecule has 34 valence electrons. The first-order chi connectivity index (χ1) is 1.73. The van der Waals surface area contributed by atoms with Crippen LogP contribution in [-0.2, 0) is 0 Å². The molecule has 0 unspecified atom stereocenters. The second-order valence-electron chi connectivity index (χ2n) is 1.05. The van der Waals surface area contributed by atoms with Crippen molar-refractivity contribution in [3.8, 4) is 0 Å². The number of hydrogen-bond donors (Lipinski definition) is 0. The molecule has 0 bridgehead atoms. The van der Waals surface area contributed by atoms with Crippen LogP contribution in [-0.4, -0.2) is 29.2 Å². The summed E-state index contributed by atoms with van der Waals surface area (Å²) in [6.45, 7) is 3.22. The first-order valence-corrected chi connectivity index (χ1v) is 1.39. The molecule has 0 atom stereocenters. The molecular formula is C3H7BrMgO. The first kappa shape index (κ1) is 15.7. The van der Waals surface area contributed by atoms with Gasteiger partial charge >= 0.3 is 23.1 Å². The van der Waals surface area contributed by atoms with Gasteiger partial charge in [0.05, 0.1) is 0 Å². The van der Waals surface area contributed by atoms with Crippen molar-refractivity contribution < 1.29 is 22.1 Å². The van der Waals surface area contributed by atoms with Gasteiger partial charge in [-0.05, 0) is 0 Å². The van der Waals surface area contributed by atoms with Crippen LogP contribution in [0.4, 0.5) is 0 Å². The molecule has 0 rings (SSSR count). The van der Waals surface area contributed by atoms with E-state index in [1.54, 1.807) is 13.8 Å². The number of hydrogen-bond acceptors (Lipinski definition) is 1. The molecule has 0 aromatic rings. The van der Waals surface area contributed by atoms with E-state index < -0.39 is 6.10 Å². The molecule has 6 heavy (non-hydrogen) atoms. The van der Waals surface area contributed by atoms with E-state index in [2.05, 4.69) is 0 Å². The molecule has 0 N–H and O–H groups in total. The molecule has 0 aliphatic heterocycles. The Kier molecular flexibility index (Phi) is 24.9. The van der Waals surface area contributed by atoms with E-state index in [1.165, 1.54) is 0 Å². The van der Waals surface area contributed by atoms with Crippen molar-refractivity contribution in [3.05, 3.63) is 0 Å². The molecule has 0 aromatic heterocycles. The van der Waals surface area contributed by atoms with Gasteiger partial charge in [0, 0.05) is 0 Å². The molecule has 3 heteroatoms. The van der Waals surface area contributed by atoms with Gasteiger partial charge in [-0.2, -0.15) is 0 Å². The van der Waals surface area contributed by atoms with Gasteiger partial charge in [0.15, 0.2) is 0 Å². The Morgan fingerprint density at radius 1 is 1.33 bits per heavy atom. The van der Waals surface area contributed by atoms with E-state index in [9.17, 15) is 5.11 Å². The van der Waals surface area contributed by atoms with Crippen LogP contribution in [0.5, 0.6) is 0 Å². The maximum absolute atomic E-state index is 9.53. The van der Waals surface area contributed by atoms with Gasteiger partial charge in [0.1, 0.15) is 0 Å². The summed E-state index contributed by atoms with van der Waals surface area (Å²) in [5.41, 5.74) is 0. The molecule has 0 heterocycles. The average molecular weight is 163 g/mol. The minimum atomic E-state index is -0.417. The van der Waals surface area contributed by atoms with Gasteiger partial charge in [0.25, 0.3) is 0 Å². The fourth-order valence-electron chi connectivity index (χ4n) is 0. The Bertz CT molecular complexity index is 15.5. The van der Waals surface area contributed by atoms with Crippen molar-refractivity contribution in [3.63, 3.8) is 0 Å².